The van der Waals surface area contributed by atoms with Gasteiger partial charge in [0.15, 0.2) is 0 Å². The molecule has 0 fully saturated rings. The predicted molar refractivity (Wildman–Crippen MR) is 251 cm³/mol. The zero-order valence-corrected chi connectivity index (χ0v) is 33.4. The lowest BCUT2D eigenvalue weighted by molar-refractivity contribution is 0.660. The van der Waals surface area contributed by atoms with Crippen LogP contribution in [0.5, 0.6) is 0 Å². The van der Waals surface area contributed by atoms with Crippen molar-refractivity contribution < 1.29 is 4.42 Å². The topological polar surface area (TPSA) is 21.3 Å². The third-order valence-corrected chi connectivity index (χ3v) is 12.8. The summed E-state index contributed by atoms with van der Waals surface area (Å²) in [5.74, 6) is 0. The molecule has 0 bridgehead atoms. The smallest absolute Gasteiger partial charge is 0.143 e. The number of rotatable bonds is 6. The van der Waals surface area contributed by atoms with E-state index in [1.807, 2.05) is 0 Å². The maximum absolute atomic E-state index is 6.77. The Balaban J connectivity index is 1.06. The molecule has 2 heterocycles. The van der Waals surface area contributed by atoms with Crippen LogP contribution >= 0.6 is 0 Å². The third-order valence-electron chi connectivity index (χ3n) is 12.8. The molecular weight excluding hydrogens is 729 g/mol. The number of hydrogen-bond donors (Lipinski definition) is 0. The van der Waals surface area contributed by atoms with Gasteiger partial charge in [-0.3, -0.25) is 0 Å². The number of hydrogen-bond acceptors (Lipinski definition) is 2. The van der Waals surface area contributed by atoms with Gasteiger partial charge in [-0.2, -0.15) is 0 Å². The zero-order chi connectivity index (χ0) is 40.0. The van der Waals surface area contributed by atoms with Gasteiger partial charge in [0, 0.05) is 55.3 Å². The van der Waals surface area contributed by atoms with Gasteiger partial charge in [-0.25, -0.2) is 0 Å². The van der Waals surface area contributed by atoms with Crippen LogP contribution in [0.3, 0.4) is 0 Å². The summed E-state index contributed by atoms with van der Waals surface area (Å²) in [4.78, 5) is 2.42. The Morgan fingerprint density at radius 3 is 1.73 bits per heavy atom. The van der Waals surface area contributed by atoms with E-state index in [9.17, 15) is 0 Å². The summed E-state index contributed by atoms with van der Waals surface area (Å²) in [5, 5.41) is 4.70. The molecular formula is C57H40N2O. The van der Waals surface area contributed by atoms with Gasteiger partial charge in [-0.15, -0.1) is 0 Å². The maximum atomic E-state index is 6.77. The molecule has 0 aliphatic heterocycles. The van der Waals surface area contributed by atoms with Crippen LogP contribution in [0.25, 0.3) is 82.8 Å². The molecule has 12 rings (SSSR count). The fourth-order valence-electron chi connectivity index (χ4n) is 9.86. The average Bonchev–Trinajstić information content (AvgIpc) is 3.92. The SMILES string of the molecule is CC1(C)c2ccccc2-c2ccc(N(c3ccc(-c4ccccc4)cc3)c3cc(-c4ccc(-n5c6ccccc6c6ccccc65)cc4)c4oc5ccccc5c4c3)cc21. The van der Waals surface area contributed by atoms with Crippen molar-refractivity contribution in [2.45, 2.75) is 19.3 Å². The van der Waals surface area contributed by atoms with E-state index in [1.165, 1.54) is 55.2 Å². The number of furan rings is 1. The molecule has 60 heavy (non-hydrogen) atoms. The molecule has 0 saturated heterocycles. The summed E-state index contributed by atoms with van der Waals surface area (Å²) in [6.45, 7) is 4.70. The second-order valence-corrected chi connectivity index (χ2v) is 16.5. The van der Waals surface area contributed by atoms with Gasteiger partial charge >= 0.3 is 0 Å². The quantitative estimate of drug-likeness (QED) is 0.168. The minimum Gasteiger partial charge on any atom is -0.455 e. The van der Waals surface area contributed by atoms with Gasteiger partial charge in [-0.05, 0) is 106 Å². The van der Waals surface area contributed by atoms with E-state index in [-0.39, 0.29) is 5.41 Å². The molecule has 2 aromatic heterocycles. The highest BCUT2D eigenvalue weighted by Gasteiger charge is 2.36. The largest absolute Gasteiger partial charge is 0.455 e. The second-order valence-electron chi connectivity index (χ2n) is 16.5. The standard InChI is InChI=1S/C57H40N2O/c1-57(2)51-20-10-6-16-44(51)45-33-32-42(36-52(45)57)58(40-28-24-38(25-29-40)37-14-4-3-5-15-37)43-34-49(56-50(35-43)48-19-9-13-23-55(48)60-56)39-26-30-41(31-27-39)59-53-21-11-7-17-46(53)47-18-8-12-22-54(47)59/h3-36H,1-2H3. The molecule has 9 aromatic carbocycles. The van der Waals surface area contributed by atoms with Crippen LogP contribution in [0.15, 0.2) is 211 Å². The number of fused-ring (bicyclic) bond motifs is 9. The first-order valence-corrected chi connectivity index (χ1v) is 20.8. The Morgan fingerprint density at radius 2 is 0.983 bits per heavy atom. The summed E-state index contributed by atoms with van der Waals surface area (Å²) < 4.78 is 9.14. The lowest BCUT2D eigenvalue weighted by Crippen LogP contribution is -2.16. The van der Waals surface area contributed by atoms with E-state index < -0.39 is 0 Å². The Bertz CT molecular complexity index is 3390. The summed E-state index contributed by atoms with van der Waals surface area (Å²) in [6, 6.07) is 74.9. The molecule has 284 valence electrons. The van der Waals surface area contributed by atoms with Crippen molar-refractivity contribution in [3.8, 4) is 39.1 Å². The van der Waals surface area contributed by atoms with E-state index in [2.05, 4.69) is 230 Å². The Morgan fingerprint density at radius 1 is 0.400 bits per heavy atom. The maximum Gasteiger partial charge on any atom is 0.143 e. The second kappa shape index (κ2) is 13.2. The van der Waals surface area contributed by atoms with Gasteiger partial charge in [0.25, 0.3) is 0 Å². The van der Waals surface area contributed by atoms with Crippen LogP contribution in [-0.4, -0.2) is 4.57 Å². The Labute approximate surface area is 349 Å². The van der Waals surface area contributed by atoms with Crippen LogP contribution in [0.1, 0.15) is 25.0 Å². The molecule has 0 atom stereocenters. The third kappa shape index (κ3) is 5.22. The van der Waals surface area contributed by atoms with Crippen molar-refractivity contribution in [1.82, 2.24) is 4.57 Å². The van der Waals surface area contributed by atoms with Crippen LogP contribution in [0.2, 0.25) is 0 Å². The lowest BCUT2D eigenvalue weighted by atomic mass is 9.82. The highest BCUT2D eigenvalue weighted by Crippen LogP contribution is 2.51. The highest BCUT2D eigenvalue weighted by atomic mass is 16.3. The minimum absolute atomic E-state index is 0.140. The van der Waals surface area contributed by atoms with E-state index >= 15 is 0 Å². The number of benzene rings is 9. The molecule has 0 saturated carbocycles. The number of anilines is 3. The number of nitrogens with zero attached hydrogens (tertiary/aromatic N) is 2. The van der Waals surface area contributed by atoms with Crippen LogP contribution in [0, 0.1) is 0 Å². The van der Waals surface area contributed by atoms with Gasteiger partial charge < -0.3 is 13.9 Å². The predicted octanol–water partition coefficient (Wildman–Crippen LogP) is 15.8. The van der Waals surface area contributed by atoms with Crippen molar-refractivity contribution in [2.75, 3.05) is 4.90 Å². The molecule has 1 aliphatic rings. The van der Waals surface area contributed by atoms with E-state index in [1.54, 1.807) is 0 Å². The summed E-state index contributed by atoms with van der Waals surface area (Å²) >= 11 is 0. The summed E-state index contributed by atoms with van der Waals surface area (Å²) in [5.41, 5.74) is 18.3. The highest BCUT2D eigenvalue weighted by molar-refractivity contribution is 6.12. The normalized spacial score (nSPS) is 13.0. The minimum atomic E-state index is -0.140. The van der Waals surface area contributed by atoms with Crippen molar-refractivity contribution in [2.24, 2.45) is 0 Å². The summed E-state index contributed by atoms with van der Waals surface area (Å²) in [6.07, 6.45) is 0. The Kier molecular flexibility index (Phi) is 7.58. The van der Waals surface area contributed by atoms with Crippen molar-refractivity contribution in [3.05, 3.63) is 217 Å². The lowest BCUT2D eigenvalue weighted by Gasteiger charge is -2.29. The van der Waals surface area contributed by atoms with E-state index in [0.29, 0.717) is 0 Å². The first kappa shape index (κ1) is 34.4. The molecule has 0 N–H and O–H groups in total. The molecule has 3 nitrogen and oxygen atoms in total. The van der Waals surface area contributed by atoms with Crippen molar-refractivity contribution in [1.29, 1.82) is 0 Å². The zero-order valence-electron chi connectivity index (χ0n) is 33.4. The number of para-hydroxylation sites is 3. The first-order chi connectivity index (χ1) is 29.5. The molecule has 0 radical (unpaired) electrons. The number of aromatic nitrogens is 1. The summed E-state index contributed by atoms with van der Waals surface area (Å²) in [7, 11) is 0. The van der Waals surface area contributed by atoms with Crippen LogP contribution < -0.4 is 4.90 Å². The molecule has 0 spiro atoms. The average molecular weight is 769 g/mol. The Hall–Kier alpha value is -7.62. The van der Waals surface area contributed by atoms with Crippen LogP contribution in [-0.2, 0) is 5.41 Å². The van der Waals surface area contributed by atoms with Gasteiger partial charge in [0.05, 0.1) is 11.0 Å². The first-order valence-electron chi connectivity index (χ1n) is 20.8. The van der Waals surface area contributed by atoms with Gasteiger partial charge in [-0.1, -0.05) is 153 Å². The monoisotopic (exact) mass is 768 g/mol. The fourth-order valence-corrected chi connectivity index (χ4v) is 9.86. The fraction of sp³-hybridized carbons (Fsp3) is 0.0526. The molecule has 0 amide bonds. The van der Waals surface area contributed by atoms with Gasteiger partial charge in [0.2, 0.25) is 0 Å². The molecule has 11 aromatic rings. The molecule has 0 unspecified atom stereocenters. The molecule has 1 aliphatic carbocycles. The van der Waals surface area contributed by atoms with E-state index in [0.717, 1.165) is 55.8 Å². The van der Waals surface area contributed by atoms with E-state index in [4.69, 9.17) is 4.42 Å². The van der Waals surface area contributed by atoms with Crippen LogP contribution in [0.4, 0.5) is 17.1 Å². The van der Waals surface area contributed by atoms with Crippen molar-refractivity contribution >= 4 is 60.8 Å². The van der Waals surface area contributed by atoms with Gasteiger partial charge in [0.1, 0.15) is 11.2 Å². The van der Waals surface area contributed by atoms with Crippen molar-refractivity contribution in [3.63, 3.8) is 0 Å². The molecule has 3 heteroatoms.